The molecule has 94 valence electrons. The highest BCUT2D eigenvalue weighted by Crippen LogP contribution is 2.35. The molecule has 6 heteroatoms. The quantitative estimate of drug-likeness (QED) is 0.745. The highest BCUT2D eigenvalue weighted by atomic mass is 19.4. The molecular formula is C10H16F3NO2. The molecule has 3 atom stereocenters. The van der Waals surface area contributed by atoms with Crippen LogP contribution >= 0.6 is 0 Å². The number of aliphatic carboxylic acids is 1. The molecule has 0 amide bonds. The first-order chi connectivity index (χ1) is 7.36. The van der Waals surface area contributed by atoms with Crippen LogP contribution in [-0.2, 0) is 4.79 Å². The lowest BCUT2D eigenvalue weighted by molar-refractivity contribution is -0.192. The van der Waals surface area contributed by atoms with Gasteiger partial charge in [0.15, 0.2) is 5.92 Å². The molecule has 0 aromatic rings. The van der Waals surface area contributed by atoms with Gasteiger partial charge in [-0.05, 0) is 18.8 Å². The largest absolute Gasteiger partial charge is 0.481 e. The molecule has 0 bridgehead atoms. The summed E-state index contributed by atoms with van der Waals surface area (Å²) in [4.78, 5) is 10.4. The molecule has 0 aliphatic heterocycles. The van der Waals surface area contributed by atoms with Crippen molar-refractivity contribution in [3.63, 3.8) is 0 Å². The maximum atomic E-state index is 12.3. The molecule has 0 radical (unpaired) electrons. The van der Waals surface area contributed by atoms with Crippen LogP contribution in [0.3, 0.4) is 0 Å². The van der Waals surface area contributed by atoms with Crippen molar-refractivity contribution >= 4 is 5.97 Å². The minimum atomic E-state index is -4.67. The summed E-state index contributed by atoms with van der Waals surface area (Å²) in [6, 6.07) is 0.0733. The molecule has 0 aromatic carbocycles. The van der Waals surface area contributed by atoms with Gasteiger partial charge in [0.05, 0.1) is 0 Å². The van der Waals surface area contributed by atoms with Gasteiger partial charge in [0, 0.05) is 12.6 Å². The zero-order chi connectivity index (χ0) is 12.3. The van der Waals surface area contributed by atoms with Gasteiger partial charge in [-0.3, -0.25) is 4.79 Å². The SMILES string of the molecule is CCCC1CC1NCC(C(=O)O)C(F)(F)F. The number of alkyl halides is 3. The first kappa shape index (κ1) is 13.3. The van der Waals surface area contributed by atoms with Gasteiger partial charge in [-0.15, -0.1) is 0 Å². The van der Waals surface area contributed by atoms with Gasteiger partial charge >= 0.3 is 12.1 Å². The summed E-state index contributed by atoms with van der Waals surface area (Å²) in [5.74, 6) is -3.68. The summed E-state index contributed by atoms with van der Waals surface area (Å²) in [5.41, 5.74) is 0. The van der Waals surface area contributed by atoms with E-state index < -0.39 is 24.6 Å². The summed E-state index contributed by atoms with van der Waals surface area (Å²) in [5, 5.41) is 11.1. The molecule has 16 heavy (non-hydrogen) atoms. The second-order valence-corrected chi connectivity index (χ2v) is 4.23. The lowest BCUT2D eigenvalue weighted by atomic mass is 10.1. The molecule has 0 aromatic heterocycles. The van der Waals surface area contributed by atoms with Crippen molar-refractivity contribution in [1.82, 2.24) is 5.32 Å². The number of rotatable bonds is 6. The molecule has 1 saturated carbocycles. The van der Waals surface area contributed by atoms with Crippen LogP contribution in [0.4, 0.5) is 13.2 Å². The Labute approximate surface area is 92.0 Å². The molecule has 3 nitrogen and oxygen atoms in total. The molecule has 0 heterocycles. The van der Waals surface area contributed by atoms with Gasteiger partial charge in [0.2, 0.25) is 0 Å². The second-order valence-electron chi connectivity index (χ2n) is 4.23. The van der Waals surface area contributed by atoms with Crippen molar-refractivity contribution < 1.29 is 23.1 Å². The Hall–Kier alpha value is -0.780. The zero-order valence-electron chi connectivity index (χ0n) is 9.05. The van der Waals surface area contributed by atoms with Crippen molar-refractivity contribution in [1.29, 1.82) is 0 Å². The van der Waals surface area contributed by atoms with Crippen LogP contribution in [0.1, 0.15) is 26.2 Å². The van der Waals surface area contributed by atoms with Gasteiger partial charge in [-0.25, -0.2) is 0 Å². The van der Waals surface area contributed by atoms with Crippen LogP contribution in [0.5, 0.6) is 0 Å². The van der Waals surface area contributed by atoms with Gasteiger partial charge in [-0.1, -0.05) is 13.3 Å². The minimum absolute atomic E-state index is 0.0733. The third-order valence-electron chi connectivity index (χ3n) is 2.86. The molecular weight excluding hydrogens is 223 g/mol. The molecule has 3 unspecified atom stereocenters. The summed E-state index contributed by atoms with van der Waals surface area (Å²) in [6.45, 7) is 1.49. The first-order valence-corrected chi connectivity index (χ1v) is 5.39. The minimum Gasteiger partial charge on any atom is -0.481 e. The van der Waals surface area contributed by atoms with E-state index in [-0.39, 0.29) is 6.04 Å². The number of halogens is 3. The average molecular weight is 239 g/mol. The number of nitrogens with one attached hydrogen (secondary N) is 1. The van der Waals surface area contributed by atoms with Crippen LogP contribution in [-0.4, -0.2) is 29.8 Å². The molecule has 0 spiro atoms. The fraction of sp³-hybridized carbons (Fsp3) is 0.900. The van der Waals surface area contributed by atoms with Gasteiger partial charge < -0.3 is 10.4 Å². The maximum absolute atomic E-state index is 12.3. The molecule has 1 aliphatic rings. The fourth-order valence-electron chi connectivity index (χ4n) is 1.80. The number of carbonyl (C=O) groups is 1. The van der Waals surface area contributed by atoms with Crippen molar-refractivity contribution in [3.8, 4) is 0 Å². The van der Waals surface area contributed by atoms with E-state index in [1.165, 1.54) is 0 Å². The normalized spacial score (nSPS) is 26.5. The lowest BCUT2D eigenvalue weighted by Crippen LogP contribution is -2.40. The summed E-state index contributed by atoms with van der Waals surface area (Å²) in [7, 11) is 0. The highest BCUT2D eigenvalue weighted by Gasteiger charge is 2.46. The topological polar surface area (TPSA) is 49.3 Å². The maximum Gasteiger partial charge on any atom is 0.403 e. The first-order valence-electron chi connectivity index (χ1n) is 5.39. The van der Waals surface area contributed by atoms with Crippen LogP contribution < -0.4 is 5.32 Å². The monoisotopic (exact) mass is 239 g/mol. The van der Waals surface area contributed by atoms with E-state index in [1.54, 1.807) is 0 Å². The van der Waals surface area contributed by atoms with Crippen molar-refractivity contribution in [2.75, 3.05) is 6.54 Å². The highest BCUT2D eigenvalue weighted by molar-refractivity contribution is 5.71. The van der Waals surface area contributed by atoms with Crippen LogP contribution in [0.15, 0.2) is 0 Å². The summed E-state index contributed by atoms with van der Waals surface area (Å²) >= 11 is 0. The Kier molecular flexibility index (Phi) is 4.18. The van der Waals surface area contributed by atoms with E-state index in [4.69, 9.17) is 5.11 Å². The van der Waals surface area contributed by atoms with Gasteiger partial charge in [0.1, 0.15) is 0 Å². The van der Waals surface area contributed by atoms with Crippen LogP contribution in [0.2, 0.25) is 0 Å². The predicted octanol–water partition coefficient (Wildman–Crippen LogP) is 2.03. The second kappa shape index (κ2) is 5.03. The third kappa shape index (κ3) is 3.66. The predicted molar refractivity (Wildman–Crippen MR) is 52.0 cm³/mol. The van der Waals surface area contributed by atoms with E-state index in [0.29, 0.717) is 5.92 Å². The smallest absolute Gasteiger partial charge is 0.403 e. The van der Waals surface area contributed by atoms with E-state index in [0.717, 1.165) is 19.3 Å². The average Bonchev–Trinajstić information content (AvgIpc) is 2.81. The third-order valence-corrected chi connectivity index (χ3v) is 2.86. The molecule has 1 rings (SSSR count). The Morgan fingerprint density at radius 2 is 2.19 bits per heavy atom. The van der Waals surface area contributed by atoms with Gasteiger partial charge in [0.25, 0.3) is 0 Å². The van der Waals surface area contributed by atoms with E-state index in [1.807, 2.05) is 6.92 Å². The number of hydrogen-bond donors (Lipinski definition) is 2. The Morgan fingerprint density at radius 3 is 2.62 bits per heavy atom. The van der Waals surface area contributed by atoms with Crippen molar-refractivity contribution in [2.45, 2.75) is 38.4 Å². The summed E-state index contributed by atoms with van der Waals surface area (Å²) < 4.78 is 36.8. The van der Waals surface area contributed by atoms with Crippen molar-refractivity contribution in [2.24, 2.45) is 11.8 Å². The van der Waals surface area contributed by atoms with E-state index >= 15 is 0 Å². The Morgan fingerprint density at radius 1 is 1.56 bits per heavy atom. The molecule has 0 saturated heterocycles. The zero-order valence-corrected chi connectivity index (χ0v) is 9.05. The summed E-state index contributed by atoms with van der Waals surface area (Å²) in [6.07, 6.45) is -1.82. The van der Waals surface area contributed by atoms with Crippen LogP contribution in [0.25, 0.3) is 0 Å². The standard InChI is InChI=1S/C10H16F3NO2/c1-2-3-6-4-8(6)14-5-7(9(15)16)10(11,12)13/h6-8,14H,2-5H2,1H3,(H,15,16). The van der Waals surface area contributed by atoms with Gasteiger partial charge in [-0.2, -0.15) is 13.2 Å². The number of carboxylic acid groups (broad SMARTS) is 1. The fourth-order valence-corrected chi connectivity index (χ4v) is 1.80. The number of hydrogen-bond acceptors (Lipinski definition) is 2. The Balaban J connectivity index is 2.33. The van der Waals surface area contributed by atoms with Crippen molar-refractivity contribution in [3.05, 3.63) is 0 Å². The molecule has 1 fully saturated rings. The molecule has 1 aliphatic carbocycles. The lowest BCUT2D eigenvalue weighted by Gasteiger charge is -2.16. The van der Waals surface area contributed by atoms with Crippen LogP contribution in [0, 0.1) is 11.8 Å². The Bertz CT molecular complexity index is 255. The van der Waals surface area contributed by atoms with E-state index in [2.05, 4.69) is 5.32 Å². The van der Waals surface area contributed by atoms with E-state index in [9.17, 15) is 18.0 Å². The molecule has 2 N–H and O–H groups in total. The number of carboxylic acids is 1.